The Morgan fingerprint density at radius 3 is 3.05 bits per heavy atom. The van der Waals surface area contributed by atoms with Gasteiger partial charge in [-0.2, -0.15) is 0 Å². The van der Waals surface area contributed by atoms with Crippen LogP contribution in [0.2, 0.25) is 5.02 Å². The number of anilines is 1. The van der Waals surface area contributed by atoms with E-state index in [0.717, 1.165) is 32.5 Å². The third-order valence-corrected chi connectivity index (χ3v) is 3.66. The zero-order chi connectivity index (χ0) is 13.8. The monoisotopic (exact) mass is 282 g/mol. The second-order valence-electron chi connectivity index (χ2n) is 4.58. The largest absolute Gasteiger partial charge is 0.384 e. The van der Waals surface area contributed by atoms with Gasteiger partial charge in [-0.15, -0.1) is 0 Å². The molecular weight excluding hydrogens is 264 g/mol. The summed E-state index contributed by atoms with van der Waals surface area (Å²) in [4.78, 5) is 6.39. The van der Waals surface area contributed by atoms with Gasteiger partial charge in [-0.05, 0) is 25.8 Å². The normalized spacial score (nSPS) is 18.5. The summed E-state index contributed by atoms with van der Waals surface area (Å²) in [6, 6.07) is 1.66. The van der Waals surface area contributed by atoms with Gasteiger partial charge in [0.1, 0.15) is 11.7 Å². The molecule has 1 fully saturated rings. The van der Waals surface area contributed by atoms with Gasteiger partial charge in [0, 0.05) is 31.5 Å². The summed E-state index contributed by atoms with van der Waals surface area (Å²) in [7, 11) is 0. The third-order valence-electron chi connectivity index (χ3n) is 3.29. The van der Waals surface area contributed by atoms with Crippen molar-refractivity contribution in [1.82, 2.24) is 4.98 Å². The summed E-state index contributed by atoms with van der Waals surface area (Å²) in [5, 5.41) is 7.96. The number of nitrogens with zero attached hydrogens (tertiary/aromatic N) is 2. The topological polar surface area (TPSA) is 75.2 Å². The molecule has 1 atom stereocenters. The molecule has 1 saturated heterocycles. The summed E-state index contributed by atoms with van der Waals surface area (Å²) in [6.07, 6.45) is 4.05. The number of aromatic nitrogens is 1. The van der Waals surface area contributed by atoms with Gasteiger partial charge in [-0.3, -0.25) is 5.41 Å². The molecule has 5 nitrogen and oxygen atoms in total. The van der Waals surface area contributed by atoms with Crippen LogP contribution in [-0.4, -0.2) is 36.6 Å². The van der Waals surface area contributed by atoms with E-state index in [1.54, 1.807) is 12.3 Å². The Morgan fingerprint density at radius 1 is 1.68 bits per heavy atom. The van der Waals surface area contributed by atoms with Crippen LogP contribution in [0.1, 0.15) is 25.3 Å². The Balaban J connectivity index is 2.22. The Kier molecular flexibility index (Phi) is 4.61. The maximum atomic E-state index is 7.52. The quantitative estimate of drug-likeness (QED) is 0.640. The molecule has 1 aromatic rings. The third kappa shape index (κ3) is 3.16. The molecule has 1 aromatic heterocycles. The van der Waals surface area contributed by atoms with E-state index in [0.29, 0.717) is 16.4 Å². The summed E-state index contributed by atoms with van der Waals surface area (Å²) in [6.45, 7) is 4.43. The molecule has 2 rings (SSSR count). The fraction of sp³-hybridized carbons (Fsp3) is 0.538. The molecule has 0 saturated carbocycles. The lowest BCUT2D eigenvalue weighted by atomic mass is 10.2. The van der Waals surface area contributed by atoms with Gasteiger partial charge < -0.3 is 15.4 Å². The minimum Gasteiger partial charge on any atom is -0.384 e. The molecule has 104 valence electrons. The first-order chi connectivity index (χ1) is 9.13. The van der Waals surface area contributed by atoms with Crippen molar-refractivity contribution in [1.29, 1.82) is 5.41 Å². The van der Waals surface area contributed by atoms with Crippen LogP contribution in [0, 0.1) is 5.41 Å². The van der Waals surface area contributed by atoms with Crippen LogP contribution < -0.4 is 10.6 Å². The predicted octanol–water partition coefficient (Wildman–Crippen LogP) is 2.02. The van der Waals surface area contributed by atoms with Crippen molar-refractivity contribution in [3.8, 4) is 0 Å². The fourth-order valence-electron chi connectivity index (χ4n) is 2.26. The second kappa shape index (κ2) is 6.21. The van der Waals surface area contributed by atoms with Gasteiger partial charge in [-0.25, -0.2) is 4.98 Å². The van der Waals surface area contributed by atoms with Gasteiger partial charge >= 0.3 is 0 Å². The minimum absolute atomic E-state index is 0.0400. The van der Waals surface area contributed by atoms with E-state index in [4.69, 9.17) is 27.5 Å². The van der Waals surface area contributed by atoms with Crippen LogP contribution in [0.5, 0.6) is 0 Å². The first-order valence-electron chi connectivity index (χ1n) is 6.49. The average molecular weight is 283 g/mol. The van der Waals surface area contributed by atoms with Crippen molar-refractivity contribution in [3.05, 3.63) is 22.8 Å². The van der Waals surface area contributed by atoms with Gasteiger partial charge in [0.25, 0.3) is 0 Å². The first-order valence-corrected chi connectivity index (χ1v) is 6.86. The van der Waals surface area contributed by atoms with Crippen molar-refractivity contribution in [3.63, 3.8) is 0 Å². The number of ether oxygens (including phenoxy) is 1. The van der Waals surface area contributed by atoms with Crippen LogP contribution in [0.4, 0.5) is 5.82 Å². The molecule has 1 aliphatic rings. The molecule has 0 aliphatic carbocycles. The number of nitrogens with one attached hydrogen (secondary N) is 1. The summed E-state index contributed by atoms with van der Waals surface area (Å²) < 4.78 is 5.64. The number of rotatable bonds is 5. The number of halogens is 1. The van der Waals surface area contributed by atoms with Crippen LogP contribution in [0.25, 0.3) is 0 Å². The molecule has 6 heteroatoms. The van der Waals surface area contributed by atoms with E-state index < -0.39 is 0 Å². The SMILES string of the molecule is CCN(CC1CCCO1)c1nccc(C(=N)N)c1Cl. The molecule has 19 heavy (non-hydrogen) atoms. The van der Waals surface area contributed by atoms with E-state index in [1.165, 1.54) is 0 Å². The lowest BCUT2D eigenvalue weighted by Crippen LogP contribution is -2.33. The Bertz CT molecular complexity index is 460. The Hall–Kier alpha value is -1.33. The maximum absolute atomic E-state index is 7.52. The summed E-state index contributed by atoms with van der Waals surface area (Å²) in [5.41, 5.74) is 6.04. The van der Waals surface area contributed by atoms with Crippen molar-refractivity contribution < 1.29 is 4.74 Å². The van der Waals surface area contributed by atoms with Crippen molar-refractivity contribution in [2.24, 2.45) is 5.73 Å². The van der Waals surface area contributed by atoms with Crippen LogP contribution in [-0.2, 0) is 4.74 Å². The van der Waals surface area contributed by atoms with E-state index in [-0.39, 0.29) is 11.9 Å². The lowest BCUT2D eigenvalue weighted by molar-refractivity contribution is 0.115. The molecule has 0 aromatic carbocycles. The fourth-order valence-corrected chi connectivity index (χ4v) is 2.59. The highest BCUT2D eigenvalue weighted by atomic mass is 35.5. The second-order valence-corrected chi connectivity index (χ2v) is 4.96. The average Bonchev–Trinajstić information content (AvgIpc) is 2.89. The van der Waals surface area contributed by atoms with Crippen molar-refractivity contribution >= 4 is 23.3 Å². The van der Waals surface area contributed by atoms with Gasteiger partial charge in [0.05, 0.1) is 11.1 Å². The highest BCUT2D eigenvalue weighted by molar-refractivity contribution is 6.36. The number of nitrogens with two attached hydrogens (primary N) is 1. The first kappa shape index (κ1) is 14.1. The molecule has 0 bridgehead atoms. The molecule has 0 spiro atoms. The smallest absolute Gasteiger partial charge is 0.148 e. The number of pyridine rings is 1. The number of hydrogen-bond acceptors (Lipinski definition) is 4. The zero-order valence-corrected chi connectivity index (χ0v) is 11.8. The number of likely N-dealkylation sites (N-methyl/N-ethyl adjacent to an activating group) is 1. The zero-order valence-electron chi connectivity index (χ0n) is 11.0. The van der Waals surface area contributed by atoms with E-state index >= 15 is 0 Å². The minimum atomic E-state index is -0.0400. The maximum Gasteiger partial charge on any atom is 0.148 e. The number of nitrogen functional groups attached to an aromatic ring is 1. The van der Waals surface area contributed by atoms with Crippen molar-refractivity contribution in [2.75, 3.05) is 24.6 Å². The van der Waals surface area contributed by atoms with E-state index in [1.807, 2.05) is 6.92 Å². The Labute approximate surface area is 118 Å². The number of amidine groups is 1. The highest BCUT2D eigenvalue weighted by Crippen LogP contribution is 2.27. The molecular formula is C13H19ClN4O. The molecule has 2 heterocycles. The van der Waals surface area contributed by atoms with E-state index in [9.17, 15) is 0 Å². The standard InChI is InChI=1S/C13H19ClN4O/c1-2-18(8-9-4-3-7-19-9)13-11(14)10(12(15)16)5-6-17-13/h5-6,9H,2-4,7-8H2,1H3,(H3,15,16). The molecule has 0 radical (unpaired) electrons. The van der Waals surface area contributed by atoms with Crippen LogP contribution in [0.3, 0.4) is 0 Å². The molecule has 0 amide bonds. The molecule has 1 unspecified atom stereocenters. The Morgan fingerprint density at radius 2 is 2.47 bits per heavy atom. The van der Waals surface area contributed by atoms with Crippen LogP contribution >= 0.6 is 11.6 Å². The summed E-state index contributed by atoms with van der Waals surface area (Å²) >= 11 is 6.30. The van der Waals surface area contributed by atoms with Gasteiger partial charge in [0.2, 0.25) is 0 Å². The predicted molar refractivity (Wildman–Crippen MR) is 77.1 cm³/mol. The van der Waals surface area contributed by atoms with Gasteiger partial charge in [0.15, 0.2) is 0 Å². The van der Waals surface area contributed by atoms with Gasteiger partial charge in [-0.1, -0.05) is 11.6 Å². The summed E-state index contributed by atoms with van der Waals surface area (Å²) in [5.74, 6) is 0.634. The van der Waals surface area contributed by atoms with Crippen molar-refractivity contribution in [2.45, 2.75) is 25.9 Å². The van der Waals surface area contributed by atoms with E-state index in [2.05, 4.69) is 9.88 Å². The van der Waals surface area contributed by atoms with Crippen LogP contribution in [0.15, 0.2) is 12.3 Å². The molecule has 1 aliphatic heterocycles. The highest BCUT2D eigenvalue weighted by Gasteiger charge is 2.21. The lowest BCUT2D eigenvalue weighted by Gasteiger charge is -2.26. The number of hydrogen-bond donors (Lipinski definition) is 2. The molecule has 3 N–H and O–H groups in total.